The number of hydrogen-bond donors (Lipinski definition) is 0. The van der Waals surface area contributed by atoms with Crippen molar-refractivity contribution < 1.29 is 4.79 Å². The number of anilines is 1. The summed E-state index contributed by atoms with van der Waals surface area (Å²) in [4.78, 5) is 16.2. The lowest BCUT2D eigenvalue weighted by atomic mass is 10.3. The van der Waals surface area contributed by atoms with Crippen LogP contribution in [-0.4, -0.2) is 49.0 Å². The highest BCUT2D eigenvalue weighted by atomic mass is 32.2. The molecule has 3 nitrogen and oxygen atoms in total. The molecule has 18 heavy (non-hydrogen) atoms. The zero-order valence-corrected chi connectivity index (χ0v) is 11.7. The SMILES string of the molecule is CSCC(=O)N1CCCN(c2ccccc2)CC1. The smallest absolute Gasteiger partial charge is 0.232 e. The van der Waals surface area contributed by atoms with Gasteiger partial charge in [0.15, 0.2) is 0 Å². The Labute approximate surface area is 113 Å². The Hall–Kier alpha value is -1.16. The minimum atomic E-state index is 0.275. The topological polar surface area (TPSA) is 23.6 Å². The lowest BCUT2D eigenvalue weighted by Crippen LogP contribution is -2.36. The Kier molecular flexibility index (Phi) is 4.93. The molecular formula is C14H20N2OS. The van der Waals surface area contributed by atoms with Crippen LogP contribution in [0.25, 0.3) is 0 Å². The quantitative estimate of drug-likeness (QED) is 0.835. The van der Waals surface area contributed by atoms with Crippen molar-refractivity contribution in [3.05, 3.63) is 30.3 Å². The van der Waals surface area contributed by atoms with E-state index in [-0.39, 0.29) is 5.91 Å². The van der Waals surface area contributed by atoms with Crippen molar-refractivity contribution >= 4 is 23.4 Å². The summed E-state index contributed by atoms with van der Waals surface area (Å²) in [6, 6.07) is 10.4. The summed E-state index contributed by atoms with van der Waals surface area (Å²) >= 11 is 1.60. The van der Waals surface area contributed by atoms with Gasteiger partial charge in [0.1, 0.15) is 0 Å². The lowest BCUT2D eigenvalue weighted by Gasteiger charge is -2.23. The molecule has 4 heteroatoms. The van der Waals surface area contributed by atoms with E-state index in [1.807, 2.05) is 17.2 Å². The van der Waals surface area contributed by atoms with E-state index in [0.29, 0.717) is 5.75 Å². The van der Waals surface area contributed by atoms with Crippen LogP contribution in [0.2, 0.25) is 0 Å². The van der Waals surface area contributed by atoms with Crippen molar-refractivity contribution in [2.45, 2.75) is 6.42 Å². The Morgan fingerprint density at radius 2 is 1.94 bits per heavy atom. The third-order valence-corrected chi connectivity index (χ3v) is 3.77. The number of hydrogen-bond acceptors (Lipinski definition) is 3. The molecule has 1 fully saturated rings. The number of nitrogens with zero attached hydrogens (tertiary/aromatic N) is 2. The standard InChI is InChI=1S/C14H20N2OS/c1-18-12-14(17)16-9-5-8-15(10-11-16)13-6-3-2-4-7-13/h2-4,6-7H,5,8-12H2,1H3. The molecule has 1 aliphatic heterocycles. The predicted molar refractivity (Wildman–Crippen MR) is 78.2 cm³/mol. The highest BCUT2D eigenvalue weighted by Gasteiger charge is 2.18. The Morgan fingerprint density at radius 1 is 1.17 bits per heavy atom. The fraction of sp³-hybridized carbons (Fsp3) is 0.500. The van der Waals surface area contributed by atoms with E-state index in [1.54, 1.807) is 11.8 Å². The monoisotopic (exact) mass is 264 g/mol. The molecular weight excluding hydrogens is 244 g/mol. The Morgan fingerprint density at radius 3 is 2.67 bits per heavy atom. The zero-order valence-electron chi connectivity index (χ0n) is 10.8. The fourth-order valence-corrected chi connectivity index (χ4v) is 2.71. The van der Waals surface area contributed by atoms with Crippen molar-refractivity contribution in [3.8, 4) is 0 Å². The van der Waals surface area contributed by atoms with Gasteiger partial charge in [0.25, 0.3) is 0 Å². The van der Waals surface area contributed by atoms with Gasteiger partial charge in [-0.15, -0.1) is 0 Å². The van der Waals surface area contributed by atoms with Gasteiger partial charge in [-0.1, -0.05) is 18.2 Å². The van der Waals surface area contributed by atoms with Gasteiger partial charge >= 0.3 is 0 Å². The van der Waals surface area contributed by atoms with Gasteiger partial charge in [0.2, 0.25) is 5.91 Å². The summed E-state index contributed by atoms with van der Waals surface area (Å²) in [5.74, 6) is 0.878. The van der Waals surface area contributed by atoms with Crippen LogP contribution in [0, 0.1) is 0 Å². The van der Waals surface area contributed by atoms with Crippen LogP contribution in [0.5, 0.6) is 0 Å². The van der Waals surface area contributed by atoms with E-state index < -0.39 is 0 Å². The number of amides is 1. The van der Waals surface area contributed by atoms with Gasteiger partial charge in [0.05, 0.1) is 5.75 Å². The van der Waals surface area contributed by atoms with Crippen LogP contribution in [0.3, 0.4) is 0 Å². The van der Waals surface area contributed by atoms with Crippen molar-refractivity contribution in [2.75, 3.05) is 43.1 Å². The highest BCUT2D eigenvalue weighted by Crippen LogP contribution is 2.16. The van der Waals surface area contributed by atoms with Gasteiger partial charge in [-0.25, -0.2) is 0 Å². The van der Waals surface area contributed by atoms with E-state index >= 15 is 0 Å². The fourth-order valence-electron chi connectivity index (χ4n) is 2.28. The second kappa shape index (κ2) is 6.69. The maximum atomic E-state index is 11.9. The van der Waals surface area contributed by atoms with Crippen LogP contribution in [-0.2, 0) is 4.79 Å². The summed E-state index contributed by atoms with van der Waals surface area (Å²) in [5.41, 5.74) is 1.26. The van der Waals surface area contributed by atoms with Gasteiger partial charge in [-0.05, 0) is 24.8 Å². The van der Waals surface area contributed by atoms with E-state index in [9.17, 15) is 4.79 Å². The number of para-hydroxylation sites is 1. The molecule has 0 atom stereocenters. The summed E-state index contributed by atoms with van der Waals surface area (Å²) in [6.45, 7) is 3.70. The normalized spacial score (nSPS) is 16.5. The Balaban J connectivity index is 1.94. The summed E-state index contributed by atoms with van der Waals surface area (Å²) in [5, 5.41) is 0. The maximum absolute atomic E-state index is 11.9. The second-order valence-corrected chi connectivity index (χ2v) is 5.36. The molecule has 98 valence electrons. The van der Waals surface area contributed by atoms with E-state index in [0.717, 1.165) is 32.6 Å². The van der Waals surface area contributed by atoms with Crippen LogP contribution >= 0.6 is 11.8 Å². The summed E-state index contributed by atoms with van der Waals surface area (Å²) in [7, 11) is 0. The molecule has 0 spiro atoms. The van der Waals surface area contributed by atoms with E-state index in [1.165, 1.54) is 5.69 Å². The molecule has 1 amide bonds. The highest BCUT2D eigenvalue weighted by molar-refractivity contribution is 7.99. The van der Waals surface area contributed by atoms with Crippen LogP contribution in [0.15, 0.2) is 30.3 Å². The van der Waals surface area contributed by atoms with Crippen LogP contribution in [0.1, 0.15) is 6.42 Å². The molecule has 0 bridgehead atoms. The predicted octanol–water partition coefficient (Wildman–Crippen LogP) is 2.09. The van der Waals surface area contributed by atoms with Gasteiger partial charge in [0, 0.05) is 31.9 Å². The van der Waals surface area contributed by atoms with Crippen LogP contribution in [0.4, 0.5) is 5.69 Å². The van der Waals surface area contributed by atoms with E-state index in [2.05, 4.69) is 29.2 Å². The molecule has 0 radical (unpaired) electrons. The summed E-state index contributed by atoms with van der Waals surface area (Å²) in [6.07, 6.45) is 3.03. The number of carbonyl (C=O) groups excluding carboxylic acids is 1. The molecule has 0 aliphatic carbocycles. The van der Waals surface area contributed by atoms with Gasteiger partial charge in [-0.3, -0.25) is 4.79 Å². The minimum Gasteiger partial charge on any atom is -0.370 e. The molecule has 1 aromatic carbocycles. The third kappa shape index (κ3) is 3.42. The number of carbonyl (C=O) groups is 1. The second-order valence-electron chi connectivity index (χ2n) is 4.49. The Bertz CT molecular complexity index is 383. The van der Waals surface area contributed by atoms with E-state index in [4.69, 9.17) is 0 Å². The molecule has 0 aromatic heterocycles. The molecule has 1 aliphatic rings. The summed E-state index contributed by atoms with van der Waals surface area (Å²) < 4.78 is 0. The van der Waals surface area contributed by atoms with Crippen molar-refractivity contribution in [1.29, 1.82) is 0 Å². The lowest BCUT2D eigenvalue weighted by molar-refractivity contribution is -0.128. The first-order chi connectivity index (χ1) is 8.81. The first-order valence-electron chi connectivity index (χ1n) is 6.38. The molecule has 1 heterocycles. The average molecular weight is 264 g/mol. The van der Waals surface area contributed by atoms with Gasteiger partial charge < -0.3 is 9.80 Å². The average Bonchev–Trinajstić information content (AvgIpc) is 2.66. The van der Waals surface area contributed by atoms with Gasteiger partial charge in [-0.2, -0.15) is 11.8 Å². The zero-order chi connectivity index (χ0) is 12.8. The number of benzene rings is 1. The minimum absolute atomic E-state index is 0.275. The molecule has 0 unspecified atom stereocenters. The number of thioether (sulfide) groups is 1. The largest absolute Gasteiger partial charge is 0.370 e. The first-order valence-corrected chi connectivity index (χ1v) is 7.77. The molecule has 2 rings (SSSR count). The third-order valence-electron chi connectivity index (χ3n) is 3.24. The number of rotatable bonds is 3. The van der Waals surface area contributed by atoms with Crippen molar-refractivity contribution in [2.24, 2.45) is 0 Å². The maximum Gasteiger partial charge on any atom is 0.232 e. The van der Waals surface area contributed by atoms with Crippen molar-refractivity contribution in [3.63, 3.8) is 0 Å². The molecule has 1 aromatic rings. The molecule has 0 N–H and O–H groups in total. The van der Waals surface area contributed by atoms with Crippen LogP contribution < -0.4 is 4.90 Å². The molecule has 1 saturated heterocycles. The first kappa shape index (κ1) is 13.3. The molecule has 0 saturated carbocycles. The van der Waals surface area contributed by atoms with Crippen molar-refractivity contribution in [1.82, 2.24) is 4.90 Å².